The summed E-state index contributed by atoms with van der Waals surface area (Å²) in [5.74, 6) is 4.68. The first-order chi connectivity index (χ1) is 36.5. The third-order valence-electron chi connectivity index (χ3n) is 12.8. The summed E-state index contributed by atoms with van der Waals surface area (Å²) in [5, 5.41) is 11.7. The lowest BCUT2D eigenvalue weighted by atomic mass is 10.4. The molecule has 4 nitrogen and oxygen atoms in total. The van der Waals surface area contributed by atoms with Gasteiger partial charge in [0.15, 0.2) is 0 Å². The Kier molecular flexibility index (Phi) is 23.7. The molecule has 11 heteroatoms. The highest BCUT2D eigenvalue weighted by molar-refractivity contribution is 7.90. The lowest BCUT2D eigenvalue weighted by molar-refractivity contribution is 0.0702. The Hall–Kier alpha value is -3.60. The van der Waals surface area contributed by atoms with Crippen LogP contribution in [0.2, 0.25) is 6.04 Å². The van der Waals surface area contributed by atoms with Crippen LogP contribution in [-0.2, 0) is 13.3 Å². The predicted molar refractivity (Wildman–Crippen MR) is 336 cm³/mol. The Balaban J connectivity index is 1.25. The molecule has 0 heterocycles. The summed E-state index contributed by atoms with van der Waals surface area (Å²) in [4.78, 5) is 2.97. The molecule has 0 atom stereocenters. The van der Waals surface area contributed by atoms with Crippen molar-refractivity contribution in [2.45, 2.75) is 33.2 Å². The third-order valence-corrected chi connectivity index (χ3v) is 35.8. The Morgan fingerprint density at radius 3 is 0.703 bits per heavy atom. The van der Waals surface area contributed by atoms with Crippen LogP contribution in [0.15, 0.2) is 243 Å². The van der Waals surface area contributed by atoms with E-state index < -0.39 is 56.3 Å². The van der Waals surface area contributed by atoms with Crippen molar-refractivity contribution in [1.82, 2.24) is 4.90 Å². The zero-order valence-corrected chi connectivity index (χ0v) is 49.8. The van der Waals surface area contributed by atoms with Crippen LogP contribution in [0.5, 0.6) is 0 Å². The number of hydrogen-bond acceptors (Lipinski definition) is 4. The molecule has 0 fully saturated rings. The number of nitrogens with zero attached hydrogens (tertiary/aromatic N) is 1. The highest BCUT2D eigenvalue weighted by atomic mass is 31.2. The molecule has 382 valence electrons. The zero-order chi connectivity index (χ0) is 51.1. The van der Waals surface area contributed by atoms with Crippen molar-refractivity contribution in [3.8, 4) is 0 Å². The molecule has 0 unspecified atom stereocenters. The van der Waals surface area contributed by atoms with Gasteiger partial charge in [-0.3, -0.25) is 4.90 Å². The van der Waals surface area contributed by atoms with Gasteiger partial charge in [-0.1, -0.05) is 258 Å². The summed E-state index contributed by atoms with van der Waals surface area (Å²) >= 11 is 0. The molecule has 0 saturated heterocycles. The van der Waals surface area contributed by atoms with Crippen LogP contribution in [0.25, 0.3) is 0 Å². The fourth-order valence-electron chi connectivity index (χ4n) is 9.45. The summed E-state index contributed by atoms with van der Waals surface area (Å²) in [6.45, 7) is 8.96. The van der Waals surface area contributed by atoms with E-state index in [0.29, 0.717) is 19.8 Å². The van der Waals surface area contributed by atoms with Crippen LogP contribution >= 0.6 is 47.5 Å². The summed E-state index contributed by atoms with van der Waals surface area (Å²) in [6.07, 6.45) is 3.09. The van der Waals surface area contributed by atoms with Crippen molar-refractivity contribution in [3.05, 3.63) is 243 Å². The molecule has 8 aromatic carbocycles. The molecule has 0 aliphatic carbocycles. The van der Waals surface area contributed by atoms with E-state index in [1.807, 2.05) is 0 Å². The second-order valence-corrected chi connectivity index (χ2v) is 36.1. The third kappa shape index (κ3) is 16.9. The van der Waals surface area contributed by atoms with Crippen molar-refractivity contribution in [2.75, 3.05) is 62.5 Å². The van der Waals surface area contributed by atoms with Gasteiger partial charge in [-0.15, -0.1) is 0 Å². The molecule has 0 amide bonds. The fourth-order valence-corrected chi connectivity index (χ4v) is 34.7. The molecule has 0 aromatic heterocycles. The van der Waals surface area contributed by atoms with Gasteiger partial charge in [0.1, 0.15) is 0 Å². The molecular weight excluding hydrogens is 1030 g/mol. The molecule has 74 heavy (non-hydrogen) atoms. The van der Waals surface area contributed by atoms with Crippen LogP contribution in [0.4, 0.5) is 0 Å². The minimum Gasteiger partial charge on any atom is -0.374 e. The Morgan fingerprint density at radius 2 is 0.514 bits per heavy atom. The summed E-state index contributed by atoms with van der Waals surface area (Å²) in [6, 6.07) is 92.5. The van der Waals surface area contributed by atoms with E-state index in [1.54, 1.807) is 0 Å². The van der Waals surface area contributed by atoms with Crippen molar-refractivity contribution < 1.29 is 13.3 Å². The zero-order valence-electron chi connectivity index (χ0n) is 43.4. The molecule has 8 rings (SSSR count). The fraction of sp³-hybridized carbons (Fsp3) is 0.238. The Labute approximate surface area is 452 Å². The van der Waals surface area contributed by atoms with Crippen LogP contribution in [0.1, 0.15) is 27.2 Å². The maximum absolute atomic E-state index is 6.55. The van der Waals surface area contributed by atoms with Crippen LogP contribution in [-0.4, -0.2) is 76.3 Å². The SMILES string of the molecule is CCO[Si](CCCN(CP(CP(c1ccccc1)c1ccccc1)CP(c1ccccc1)c1ccccc1)CP(CP(c1ccccc1)c1ccccc1)CP(c1ccccc1)c1ccccc1)(OCC)OCC. The molecule has 0 N–H and O–H groups in total. The van der Waals surface area contributed by atoms with E-state index in [0.717, 1.165) is 31.6 Å². The molecule has 0 spiro atoms. The topological polar surface area (TPSA) is 30.9 Å². The van der Waals surface area contributed by atoms with Crippen LogP contribution < -0.4 is 42.4 Å². The molecule has 8 aromatic rings. The largest absolute Gasteiger partial charge is 0.500 e. The first kappa shape index (κ1) is 56.6. The van der Waals surface area contributed by atoms with E-state index in [-0.39, 0.29) is 0 Å². The van der Waals surface area contributed by atoms with Gasteiger partial charge in [-0.05, 0) is 131 Å². The van der Waals surface area contributed by atoms with Gasteiger partial charge in [0.05, 0.1) is 0 Å². The van der Waals surface area contributed by atoms with E-state index in [2.05, 4.69) is 268 Å². The molecule has 0 aliphatic rings. The smallest absolute Gasteiger partial charge is 0.374 e. The minimum absolute atomic E-state index is 0.563. The van der Waals surface area contributed by atoms with Crippen LogP contribution in [0.3, 0.4) is 0 Å². The Bertz CT molecular complexity index is 2220. The van der Waals surface area contributed by atoms with Crippen molar-refractivity contribution >= 4 is 98.8 Å². The van der Waals surface area contributed by atoms with Crippen LogP contribution in [0, 0.1) is 0 Å². The maximum atomic E-state index is 6.55. The van der Waals surface area contributed by atoms with Crippen molar-refractivity contribution in [1.29, 1.82) is 0 Å². The average molecular weight is 1110 g/mol. The van der Waals surface area contributed by atoms with Gasteiger partial charge < -0.3 is 13.3 Å². The van der Waals surface area contributed by atoms with E-state index in [1.165, 1.54) is 66.0 Å². The van der Waals surface area contributed by atoms with Gasteiger partial charge in [0, 0.05) is 38.4 Å². The van der Waals surface area contributed by atoms with E-state index in [9.17, 15) is 0 Å². The summed E-state index contributed by atoms with van der Waals surface area (Å²) < 4.78 is 19.7. The van der Waals surface area contributed by atoms with Gasteiger partial charge in [-0.2, -0.15) is 0 Å². The average Bonchev–Trinajstić information content (AvgIpc) is 3.46. The summed E-state index contributed by atoms with van der Waals surface area (Å²) in [7, 11) is -6.56. The number of rotatable bonds is 30. The highest BCUT2D eigenvalue weighted by Gasteiger charge is 2.40. The monoisotopic (exact) mass is 1110 g/mol. The first-order valence-corrected chi connectivity index (χ1v) is 38.0. The van der Waals surface area contributed by atoms with Crippen molar-refractivity contribution in [3.63, 3.8) is 0 Å². The molecule has 0 radical (unpaired) electrons. The van der Waals surface area contributed by atoms with E-state index in [4.69, 9.17) is 13.3 Å². The minimum atomic E-state index is -2.90. The number of hydrogen-bond donors (Lipinski definition) is 0. The lowest BCUT2D eigenvalue weighted by Gasteiger charge is -2.37. The summed E-state index contributed by atoms with van der Waals surface area (Å²) in [5.41, 5.74) is 0. The first-order valence-electron chi connectivity index (χ1n) is 26.1. The van der Waals surface area contributed by atoms with Crippen molar-refractivity contribution in [2.24, 2.45) is 0 Å². The second kappa shape index (κ2) is 31.0. The quantitative estimate of drug-likeness (QED) is 0.0332. The van der Waals surface area contributed by atoms with Gasteiger partial charge >= 0.3 is 8.80 Å². The molecular formula is C63H73NO3P6Si. The standard InChI is InChI=1S/C63H73NO3P6Si/c1-4-65-74(66-5-2,67-6-3)49-31-48-64(50-68(52-70(56-32-15-7-16-33-56)57-34-17-8-18-35-57)53-71(58-36-19-9-20-37-58)59-38-21-10-22-39-59)51-69(54-72(60-40-23-11-24-41-60)61-42-25-12-26-43-61)55-73(62-44-27-13-28-45-62)63-46-29-14-30-47-63/h7-30,32-47H,4-6,31,48-55H2,1-3H3. The van der Waals surface area contributed by atoms with Gasteiger partial charge in [-0.25, -0.2) is 0 Å². The Morgan fingerprint density at radius 1 is 0.311 bits per heavy atom. The normalized spacial score (nSPS) is 12.0. The lowest BCUT2D eigenvalue weighted by Crippen LogP contribution is -2.46. The molecule has 0 bridgehead atoms. The van der Waals surface area contributed by atoms with Gasteiger partial charge in [0.2, 0.25) is 0 Å². The second-order valence-electron chi connectivity index (χ2n) is 18.1. The van der Waals surface area contributed by atoms with E-state index >= 15 is 0 Å². The number of benzene rings is 8. The van der Waals surface area contributed by atoms with Gasteiger partial charge in [0.25, 0.3) is 0 Å². The predicted octanol–water partition coefficient (Wildman–Crippen LogP) is 14.0. The molecule has 0 aliphatic heterocycles. The molecule has 0 saturated carbocycles. The maximum Gasteiger partial charge on any atom is 0.500 e. The highest BCUT2D eigenvalue weighted by Crippen LogP contribution is 2.60.